The van der Waals surface area contributed by atoms with Gasteiger partial charge in [-0.1, -0.05) is 0 Å². The van der Waals surface area contributed by atoms with Gasteiger partial charge in [-0.05, 0) is 48.9 Å². The van der Waals surface area contributed by atoms with Gasteiger partial charge in [0, 0.05) is 18.1 Å². The summed E-state index contributed by atoms with van der Waals surface area (Å²) in [6.07, 6.45) is 4.75. The third kappa shape index (κ3) is 3.20. The number of nitrogens with one attached hydrogen (secondary N) is 2. The fraction of sp³-hybridized carbons (Fsp3) is 0.0556. The molecule has 0 aliphatic heterocycles. The highest BCUT2D eigenvalue weighted by Gasteiger charge is 2.12. The molecule has 0 spiro atoms. The van der Waals surface area contributed by atoms with Crippen LogP contribution < -0.4 is 10.1 Å². The number of ether oxygens (including phenoxy) is 1. The molecule has 2 N–H and O–H groups in total. The largest absolute Gasteiger partial charge is 0.424 e. The highest BCUT2D eigenvalue weighted by molar-refractivity contribution is 6.04. The van der Waals surface area contributed by atoms with Crippen LogP contribution in [0.3, 0.4) is 0 Å². The van der Waals surface area contributed by atoms with Crippen molar-refractivity contribution in [2.24, 2.45) is 0 Å². The molecule has 0 saturated carbocycles. The number of anilines is 1. The lowest BCUT2D eigenvalue weighted by Gasteiger charge is -2.10. The second-order valence-electron chi connectivity index (χ2n) is 5.53. The number of carbonyl (C=O) groups is 1. The second kappa shape index (κ2) is 6.60. The maximum absolute atomic E-state index is 12.4. The Morgan fingerprint density at radius 1 is 1.12 bits per heavy atom. The van der Waals surface area contributed by atoms with Crippen molar-refractivity contribution in [3.05, 3.63) is 66.4 Å². The van der Waals surface area contributed by atoms with Crippen LogP contribution in [0.15, 0.2) is 55.1 Å². The maximum atomic E-state index is 12.4. The summed E-state index contributed by atoms with van der Waals surface area (Å²) in [5.74, 6) is 0.279. The van der Waals surface area contributed by atoms with E-state index in [1.807, 2.05) is 6.92 Å². The third-order valence-corrected chi connectivity index (χ3v) is 3.71. The number of H-pyrrole nitrogens is 1. The highest BCUT2D eigenvalue weighted by Crippen LogP contribution is 2.24. The number of imidazole rings is 1. The van der Waals surface area contributed by atoms with Crippen LogP contribution in [0.5, 0.6) is 11.8 Å². The van der Waals surface area contributed by atoms with E-state index in [-0.39, 0.29) is 11.9 Å². The molecule has 8 heteroatoms. The van der Waals surface area contributed by atoms with Gasteiger partial charge in [-0.15, -0.1) is 0 Å². The number of aromatic nitrogens is 5. The molecular formula is C18H14N6O2. The van der Waals surface area contributed by atoms with E-state index in [0.29, 0.717) is 22.8 Å². The van der Waals surface area contributed by atoms with E-state index < -0.39 is 0 Å². The fourth-order valence-corrected chi connectivity index (χ4v) is 2.42. The summed E-state index contributed by atoms with van der Waals surface area (Å²) in [4.78, 5) is 31.7. The molecule has 4 rings (SSSR count). The lowest BCUT2D eigenvalue weighted by atomic mass is 10.2. The highest BCUT2D eigenvalue weighted by atomic mass is 16.5. The van der Waals surface area contributed by atoms with Gasteiger partial charge in [0.05, 0.1) is 11.8 Å². The topological polar surface area (TPSA) is 106 Å². The van der Waals surface area contributed by atoms with Gasteiger partial charge in [0.1, 0.15) is 11.4 Å². The number of carbonyl (C=O) groups excluding carboxylic acids is 1. The van der Waals surface area contributed by atoms with Crippen LogP contribution in [0.25, 0.3) is 11.2 Å². The standard InChI is InChI=1S/C18H14N6O2/c1-11-9-12(26-18-19-7-2-8-20-18)3-4-13(11)24-17(25)15-6-5-14-16(23-15)22-10-21-14/h2-10H,1H3,(H,24,25)(H,21,22,23). The van der Waals surface area contributed by atoms with Crippen LogP contribution in [0.2, 0.25) is 0 Å². The molecule has 0 aliphatic rings. The molecule has 1 amide bonds. The molecule has 1 aromatic carbocycles. The molecule has 26 heavy (non-hydrogen) atoms. The molecule has 0 saturated heterocycles. The molecule has 3 heterocycles. The molecule has 0 fully saturated rings. The fourth-order valence-electron chi connectivity index (χ4n) is 2.42. The Bertz CT molecular complexity index is 1080. The van der Waals surface area contributed by atoms with Crippen molar-refractivity contribution in [1.29, 1.82) is 0 Å². The third-order valence-electron chi connectivity index (χ3n) is 3.71. The first-order valence-electron chi connectivity index (χ1n) is 7.86. The SMILES string of the molecule is Cc1cc(Oc2ncccn2)ccc1NC(=O)c1ccc2[nH]cnc2n1. The van der Waals surface area contributed by atoms with Gasteiger partial charge < -0.3 is 15.0 Å². The van der Waals surface area contributed by atoms with Crippen molar-refractivity contribution >= 4 is 22.8 Å². The molecule has 0 radical (unpaired) electrons. The van der Waals surface area contributed by atoms with Gasteiger partial charge in [-0.3, -0.25) is 4.79 Å². The summed E-state index contributed by atoms with van der Waals surface area (Å²) in [7, 11) is 0. The van der Waals surface area contributed by atoms with Gasteiger partial charge in [-0.2, -0.15) is 0 Å². The Morgan fingerprint density at radius 3 is 2.77 bits per heavy atom. The van der Waals surface area contributed by atoms with Crippen LogP contribution in [0, 0.1) is 6.92 Å². The number of benzene rings is 1. The monoisotopic (exact) mass is 346 g/mol. The van der Waals surface area contributed by atoms with Crippen LogP contribution in [-0.4, -0.2) is 30.8 Å². The smallest absolute Gasteiger partial charge is 0.321 e. The van der Waals surface area contributed by atoms with Gasteiger partial charge in [0.2, 0.25) is 0 Å². The first kappa shape index (κ1) is 15.7. The van der Waals surface area contributed by atoms with Crippen molar-refractivity contribution in [3.8, 4) is 11.8 Å². The van der Waals surface area contributed by atoms with Gasteiger partial charge >= 0.3 is 6.01 Å². The minimum atomic E-state index is -0.307. The predicted molar refractivity (Wildman–Crippen MR) is 95.1 cm³/mol. The first-order chi connectivity index (χ1) is 12.7. The number of amides is 1. The number of nitrogens with zero attached hydrogens (tertiary/aromatic N) is 4. The summed E-state index contributed by atoms with van der Waals surface area (Å²) in [5, 5.41) is 2.85. The summed E-state index contributed by atoms with van der Waals surface area (Å²) in [6, 6.07) is 10.7. The van der Waals surface area contributed by atoms with Crippen molar-refractivity contribution in [2.45, 2.75) is 6.92 Å². The van der Waals surface area contributed by atoms with E-state index in [1.54, 1.807) is 55.1 Å². The Labute approximate surface area is 148 Å². The first-order valence-corrected chi connectivity index (χ1v) is 7.86. The van der Waals surface area contributed by atoms with Gasteiger partial charge in [-0.25, -0.2) is 19.9 Å². The van der Waals surface area contributed by atoms with E-state index in [0.717, 1.165) is 11.1 Å². The van der Waals surface area contributed by atoms with Crippen molar-refractivity contribution in [1.82, 2.24) is 24.9 Å². The van der Waals surface area contributed by atoms with Crippen LogP contribution in [-0.2, 0) is 0 Å². The zero-order chi connectivity index (χ0) is 17.9. The number of hydrogen-bond acceptors (Lipinski definition) is 6. The van der Waals surface area contributed by atoms with Crippen molar-refractivity contribution in [2.75, 3.05) is 5.32 Å². The van der Waals surface area contributed by atoms with Crippen LogP contribution in [0.1, 0.15) is 16.1 Å². The number of aryl methyl sites for hydroxylation is 1. The number of fused-ring (bicyclic) bond motifs is 1. The second-order valence-corrected chi connectivity index (χ2v) is 5.53. The van der Waals surface area contributed by atoms with Crippen LogP contribution >= 0.6 is 0 Å². The normalized spacial score (nSPS) is 10.7. The van der Waals surface area contributed by atoms with Crippen LogP contribution in [0.4, 0.5) is 5.69 Å². The van der Waals surface area contributed by atoms with Crippen molar-refractivity contribution in [3.63, 3.8) is 0 Å². The minimum absolute atomic E-state index is 0.264. The summed E-state index contributed by atoms with van der Waals surface area (Å²) in [5.41, 5.74) is 3.08. The molecule has 8 nitrogen and oxygen atoms in total. The lowest BCUT2D eigenvalue weighted by Crippen LogP contribution is -2.14. The van der Waals surface area contributed by atoms with E-state index in [2.05, 4.69) is 30.2 Å². The quantitative estimate of drug-likeness (QED) is 0.588. The minimum Gasteiger partial charge on any atom is -0.424 e. The van der Waals surface area contributed by atoms with Crippen molar-refractivity contribution < 1.29 is 9.53 Å². The Hall–Kier alpha value is -3.81. The maximum Gasteiger partial charge on any atom is 0.321 e. The van der Waals surface area contributed by atoms with E-state index in [9.17, 15) is 4.79 Å². The van der Waals surface area contributed by atoms with Gasteiger partial charge in [0.15, 0.2) is 5.65 Å². The summed E-state index contributed by atoms with van der Waals surface area (Å²) >= 11 is 0. The van der Waals surface area contributed by atoms with E-state index >= 15 is 0 Å². The molecule has 128 valence electrons. The van der Waals surface area contributed by atoms with E-state index in [1.165, 1.54) is 0 Å². The van der Waals surface area contributed by atoms with E-state index in [4.69, 9.17) is 4.74 Å². The molecule has 0 aliphatic carbocycles. The zero-order valence-corrected chi connectivity index (χ0v) is 13.8. The zero-order valence-electron chi connectivity index (χ0n) is 13.8. The lowest BCUT2D eigenvalue weighted by molar-refractivity contribution is 0.102. The Balaban J connectivity index is 1.51. The predicted octanol–water partition coefficient (Wildman–Crippen LogP) is 3.10. The molecule has 0 atom stereocenters. The van der Waals surface area contributed by atoms with Gasteiger partial charge in [0.25, 0.3) is 5.91 Å². The Kier molecular flexibility index (Phi) is 3.98. The average molecular weight is 346 g/mol. The Morgan fingerprint density at radius 2 is 1.96 bits per heavy atom. The summed E-state index contributed by atoms with van der Waals surface area (Å²) in [6.45, 7) is 1.87. The average Bonchev–Trinajstić information content (AvgIpc) is 3.12. The number of aromatic amines is 1. The molecule has 0 bridgehead atoms. The molecular weight excluding hydrogens is 332 g/mol. The summed E-state index contributed by atoms with van der Waals surface area (Å²) < 4.78 is 5.58. The number of pyridine rings is 1. The molecule has 4 aromatic rings. The molecule has 0 unspecified atom stereocenters. The number of rotatable bonds is 4. The molecule has 3 aromatic heterocycles. The number of hydrogen-bond donors (Lipinski definition) is 2.